The third-order valence-corrected chi connectivity index (χ3v) is 6.07. The quantitative estimate of drug-likeness (QED) is 0.847. The van der Waals surface area contributed by atoms with E-state index in [4.69, 9.17) is 5.14 Å². The van der Waals surface area contributed by atoms with E-state index < -0.39 is 10.0 Å². The third kappa shape index (κ3) is 4.05. The molecule has 0 bridgehead atoms. The number of amides is 1. The topological polar surface area (TPSA) is 89.3 Å². The standard InChI is InChI=1S/C14H19BrN2O3S/c1-9-6-11(7-12(13(9)15)21(16,19)20)14(18)17-8-10-4-2-3-5-10/h6-7,10H,2-5,8H2,1H3,(H,17,18)(H2,16,19,20). The van der Waals surface area contributed by atoms with Crippen LogP contribution in [-0.2, 0) is 10.0 Å². The molecule has 116 valence electrons. The highest BCUT2D eigenvalue weighted by molar-refractivity contribution is 9.10. The van der Waals surface area contributed by atoms with Crippen molar-refractivity contribution in [2.75, 3.05) is 6.54 Å². The van der Waals surface area contributed by atoms with Gasteiger partial charge in [0, 0.05) is 16.6 Å². The first-order valence-corrected chi connectivity index (χ1v) is 9.24. The zero-order chi connectivity index (χ0) is 15.6. The van der Waals surface area contributed by atoms with Crippen LogP contribution in [0.2, 0.25) is 0 Å². The summed E-state index contributed by atoms with van der Waals surface area (Å²) in [6, 6.07) is 2.97. The zero-order valence-corrected chi connectivity index (χ0v) is 14.3. The van der Waals surface area contributed by atoms with Gasteiger partial charge >= 0.3 is 0 Å². The van der Waals surface area contributed by atoms with Gasteiger partial charge in [0.1, 0.15) is 0 Å². The molecule has 0 heterocycles. The minimum Gasteiger partial charge on any atom is -0.352 e. The molecule has 5 nitrogen and oxygen atoms in total. The molecule has 1 aliphatic rings. The average Bonchev–Trinajstić information content (AvgIpc) is 2.90. The second-order valence-corrected chi connectivity index (χ2v) is 7.83. The molecule has 3 N–H and O–H groups in total. The van der Waals surface area contributed by atoms with Crippen molar-refractivity contribution >= 4 is 31.9 Å². The van der Waals surface area contributed by atoms with Gasteiger partial charge in [-0.3, -0.25) is 4.79 Å². The van der Waals surface area contributed by atoms with Crippen molar-refractivity contribution in [3.8, 4) is 0 Å². The zero-order valence-electron chi connectivity index (χ0n) is 11.9. The fraction of sp³-hybridized carbons (Fsp3) is 0.500. The highest BCUT2D eigenvalue weighted by atomic mass is 79.9. The normalized spacial score (nSPS) is 16.1. The number of benzene rings is 1. The Labute approximate surface area is 133 Å². The predicted octanol–water partition coefficient (Wildman–Crippen LogP) is 2.32. The molecule has 0 aliphatic heterocycles. The summed E-state index contributed by atoms with van der Waals surface area (Å²) in [5, 5.41) is 8.06. The van der Waals surface area contributed by atoms with Crippen molar-refractivity contribution in [2.24, 2.45) is 11.1 Å². The minimum absolute atomic E-state index is 0.0616. The number of nitrogens with two attached hydrogens (primary N) is 1. The van der Waals surface area contributed by atoms with Crippen LogP contribution >= 0.6 is 15.9 Å². The van der Waals surface area contributed by atoms with E-state index in [-0.39, 0.29) is 10.8 Å². The largest absolute Gasteiger partial charge is 0.352 e. The van der Waals surface area contributed by atoms with E-state index in [0.717, 1.165) is 12.8 Å². The van der Waals surface area contributed by atoms with E-state index in [2.05, 4.69) is 21.2 Å². The van der Waals surface area contributed by atoms with Gasteiger partial charge in [-0.25, -0.2) is 13.6 Å². The Bertz CT molecular complexity index is 652. The van der Waals surface area contributed by atoms with Gasteiger partial charge in [0.15, 0.2) is 0 Å². The summed E-state index contributed by atoms with van der Waals surface area (Å²) in [4.78, 5) is 12.1. The summed E-state index contributed by atoms with van der Waals surface area (Å²) < 4.78 is 23.5. The van der Waals surface area contributed by atoms with Crippen LogP contribution in [0.1, 0.15) is 41.6 Å². The number of primary sulfonamides is 1. The van der Waals surface area contributed by atoms with Gasteiger partial charge < -0.3 is 5.32 Å². The number of carbonyl (C=O) groups is 1. The SMILES string of the molecule is Cc1cc(C(=O)NCC2CCCC2)cc(S(N)(=O)=O)c1Br. The van der Waals surface area contributed by atoms with Gasteiger partial charge in [0.05, 0.1) is 4.90 Å². The molecule has 2 rings (SSSR count). The van der Waals surface area contributed by atoms with Gasteiger partial charge in [-0.05, 0) is 59.3 Å². The molecule has 1 aliphatic carbocycles. The number of nitrogens with one attached hydrogen (secondary N) is 1. The van der Waals surface area contributed by atoms with Gasteiger partial charge in [-0.1, -0.05) is 12.8 Å². The minimum atomic E-state index is -3.87. The maximum absolute atomic E-state index is 12.2. The van der Waals surface area contributed by atoms with Crippen molar-refractivity contribution in [2.45, 2.75) is 37.5 Å². The number of carbonyl (C=O) groups excluding carboxylic acids is 1. The molecule has 1 aromatic carbocycles. The first-order valence-electron chi connectivity index (χ1n) is 6.90. The molecule has 0 radical (unpaired) electrons. The van der Waals surface area contributed by atoms with Crippen molar-refractivity contribution in [3.05, 3.63) is 27.7 Å². The molecular formula is C14H19BrN2O3S. The van der Waals surface area contributed by atoms with Crippen molar-refractivity contribution in [3.63, 3.8) is 0 Å². The molecule has 0 unspecified atom stereocenters. The van der Waals surface area contributed by atoms with Crippen LogP contribution < -0.4 is 10.5 Å². The second kappa shape index (κ2) is 6.46. The lowest BCUT2D eigenvalue weighted by Gasteiger charge is -2.12. The third-order valence-electron chi connectivity index (χ3n) is 3.82. The number of sulfonamides is 1. The molecule has 1 saturated carbocycles. The van der Waals surface area contributed by atoms with E-state index in [1.165, 1.54) is 18.9 Å². The summed E-state index contributed by atoms with van der Waals surface area (Å²) in [6.07, 6.45) is 4.71. The first-order chi connectivity index (χ1) is 9.79. The number of halogens is 1. The first kappa shape index (κ1) is 16.5. The number of hydrogen-bond acceptors (Lipinski definition) is 3. The van der Waals surface area contributed by atoms with Gasteiger partial charge in [-0.2, -0.15) is 0 Å². The van der Waals surface area contributed by atoms with Crippen LogP contribution in [0, 0.1) is 12.8 Å². The Morgan fingerprint density at radius 2 is 2.00 bits per heavy atom. The van der Waals surface area contributed by atoms with Gasteiger partial charge in [0.25, 0.3) is 5.91 Å². The Hall–Kier alpha value is -0.920. The van der Waals surface area contributed by atoms with Gasteiger partial charge in [0.2, 0.25) is 10.0 Å². The maximum atomic E-state index is 12.2. The molecule has 0 spiro atoms. The summed E-state index contributed by atoms with van der Waals surface area (Å²) in [7, 11) is -3.87. The lowest BCUT2D eigenvalue weighted by molar-refractivity contribution is 0.0947. The van der Waals surface area contributed by atoms with Crippen LogP contribution in [-0.4, -0.2) is 20.9 Å². The summed E-state index contributed by atoms with van der Waals surface area (Å²) in [5.74, 6) is 0.269. The van der Waals surface area contributed by atoms with E-state index >= 15 is 0 Å². The van der Waals surface area contributed by atoms with E-state index in [0.29, 0.717) is 28.1 Å². The van der Waals surface area contributed by atoms with Crippen LogP contribution in [0.15, 0.2) is 21.5 Å². The number of rotatable bonds is 4. The van der Waals surface area contributed by atoms with E-state index in [1.54, 1.807) is 13.0 Å². The lowest BCUT2D eigenvalue weighted by atomic mass is 10.1. The Balaban J connectivity index is 2.19. The van der Waals surface area contributed by atoms with Crippen molar-refractivity contribution < 1.29 is 13.2 Å². The Kier molecular flexibility index (Phi) is 5.06. The molecule has 21 heavy (non-hydrogen) atoms. The highest BCUT2D eigenvalue weighted by Crippen LogP contribution is 2.27. The van der Waals surface area contributed by atoms with Crippen LogP contribution in [0.3, 0.4) is 0 Å². The predicted molar refractivity (Wildman–Crippen MR) is 84.5 cm³/mol. The fourth-order valence-electron chi connectivity index (χ4n) is 2.63. The molecule has 7 heteroatoms. The van der Waals surface area contributed by atoms with E-state index in [9.17, 15) is 13.2 Å². The van der Waals surface area contributed by atoms with Gasteiger partial charge in [-0.15, -0.1) is 0 Å². The average molecular weight is 375 g/mol. The highest BCUT2D eigenvalue weighted by Gasteiger charge is 2.20. The maximum Gasteiger partial charge on any atom is 0.251 e. The van der Waals surface area contributed by atoms with Crippen LogP contribution in [0.4, 0.5) is 0 Å². The summed E-state index contributed by atoms with van der Waals surface area (Å²) in [5.41, 5.74) is 0.977. The molecule has 0 atom stereocenters. The fourth-order valence-corrected chi connectivity index (χ4v) is 4.24. The number of aryl methyl sites for hydroxylation is 1. The number of hydrogen-bond donors (Lipinski definition) is 2. The Morgan fingerprint density at radius 1 is 1.38 bits per heavy atom. The van der Waals surface area contributed by atoms with Crippen molar-refractivity contribution in [1.82, 2.24) is 5.32 Å². The molecule has 1 amide bonds. The summed E-state index contributed by atoms with van der Waals surface area (Å²) in [6.45, 7) is 2.37. The molecule has 1 fully saturated rings. The molecular weight excluding hydrogens is 356 g/mol. The van der Waals surface area contributed by atoms with Crippen LogP contribution in [0.25, 0.3) is 0 Å². The van der Waals surface area contributed by atoms with E-state index in [1.807, 2.05) is 0 Å². The van der Waals surface area contributed by atoms with Crippen LogP contribution in [0.5, 0.6) is 0 Å². The van der Waals surface area contributed by atoms with Crippen molar-refractivity contribution in [1.29, 1.82) is 0 Å². The molecule has 0 aromatic heterocycles. The molecule has 0 saturated heterocycles. The lowest BCUT2D eigenvalue weighted by Crippen LogP contribution is -2.28. The summed E-state index contributed by atoms with van der Waals surface area (Å²) >= 11 is 3.20. The Morgan fingerprint density at radius 3 is 2.57 bits per heavy atom. The smallest absolute Gasteiger partial charge is 0.251 e. The second-order valence-electron chi connectivity index (χ2n) is 5.51. The molecule has 1 aromatic rings. The monoisotopic (exact) mass is 374 g/mol.